The first-order valence-electron chi connectivity index (χ1n) is 3.82. The Labute approximate surface area is 86.1 Å². The topological polar surface area (TPSA) is 47.6 Å². The second-order valence-corrected chi connectivity index (χ2v) is 4.31. The van der Waals surface area contributed by atoms with E-state index in [4.69, 9.17) is 22.2 Å². The Balaban J connectivity index is 2.35. The fourth-order valence-electron chi connectivity index (χ4n) is 0.673. The van der Waals surface area contributed by atoms with Gasteiger partial charge in [-0.2, -0.15) is 0 Å². The van der Waals surface area contributed by atoms with Gasteiger partial charge in [0.2, 0.25) is 0 Å². The van der Waals surface area contributed by atoms with Crippen molar-refractivity contribution >= 4 is 28.6 Å². The van der Waals surface area contributed by atoms with Gasteiger partial charge in [-0.25, -0.2) is 0 Å². The van der Waals surface area contributed by atoms with E-state index < -0.39 is 0 Å². The quantitative estimate of drug-likeness (QED) is 0.623. The molecule has 13 heavy (non-hydrogen) atoms. The van der Waals surface area contributed by atoms with Crippen LogP contribution >= 0.6 is 22.9 Å². The second-order valence-electron chi connectivity index (χ2n) is 2.51. The number of rotatable bonds is 4. The highest BCUT2D eigenvalue weighted by Gasteiger charge is 1.97. The lowest BCUT2D eigenvalue weighted by Crippen LogP contribution is -2.09. The van der Waals surface area contributed by atoms with Crippen molar-refractivity contribution in [1.29, 1.82) is 0 Å². The molecule has 0 bridgehead atoms. The van der Waals surface area contributed by atoms with Gasteiger partial charge in [-0.15, -0.1) is 11.3 Å². The molecule has 0 saturated heterocycles. The number of thiophene rings is 1. The number of oxime groups is 1. The Morgan fingerprint density at radius 1 is 1.69 bits per heavy atom. The van der Waals surface area contributed by atoms with Gasteiger partial charge in [-0.3, -0.25) is 0 Å². The standard InChI is InChI=1S/C8H11ClN2OS/c1-6(4-10)11-12-5-7-2-3-8(9)13-7/h2-3H,4-5,10H2,1H3/b11-6+. The molecule has 1 aromatic heterocycles. The molecule has 0 atom stereocenters. The predicted molar refractivity (Wildman–Crippen MR) is 56.3 cm³/mol. The number of hydrogen-bond donors (Lipinski definition) is 1. The third-order valence-electron chi connectivity index (χ3n) is 1.35. The van der Waals surface area contributed by atoms with Crippen molar-refractivity contribution in [2.75, 3.05) is 6.54 Å². The third-order valence-corrected chi connectivity index (χ3v) is 2.56. The number of nitrogens with zero attached hydrogens (tertiary/aromatic N) is 1. The largest absolute Gasteiger partial charge is 0.390 e. The second kappa shape index (κ2) is 5.21. The van der Waals surface area contributed by atoms with Crippen molar-refractivity contribution in [2.24, 2.45) is 10.9 Å². The summed E-state index contributed by atoms with van der Waals surface area (Å²) in [5.74, 6) is 0. The van der Waals surface area contributed by atoms with Crippen molar-refractivity contribution in [1.82, 2.24) is 0 Å². The van der Waals surface area contributed by atoms with Gasteiger partial charge in [-0.1, -0.05) is 16.8 Å². The molecule has 0 unspecified atom stereocenters. The molecular weight excluding hydrogens is 208 g/mol. The molecule has 0 amide bonds. The maximum Gasteiger partial charge on any atom is 0.151 e. The van der Waals surface area contributed by atoms with Gasteiger partial charge in [0.05, 0.1) is 10.0 Å². The first kappa shape index (κ1) is 10.5. The fraction of sp³-hybridized carbons (Fsp3) is 0.375. The van der Waals surface area contributed by atoms with Gasteiger partial charge in [0.15, 0.2) is 6.61 Å². The Kier molecular flexibility index (Phi) is 4.21. The van der Waals surface area contributed by atoms with E-state index in [1.807, 2.05) is 19.1 Å². The van der Waals surface area contributed by atoms with E-state index in [0.717, 1.165) is 14.9 Å². The smallest absolute Gasteiger partial charge is 0.151 e. The molecule has 3 nitrogen and oxygen atoms in total. The monoisotopic (exact) mass is 218 g/mol. The summed E-state index contributed by atoms with van der Waals surface area (Å²) in [4.78, 5) is 6.10. The minimum atomic E-state index is 0.422. The molecule has 0 aliphatic heterocycles. The van der Waals surface area contributed by atoms with Gasteiger partial charge < -0.3 is 10.6 Å². The molecule has 0 aliphatic rings. The van der Waals surface area contributed by atoms with Crippen LogP contribution in [0.4, 0.5) is 0 Å². The molecule has 0 saturated carbocycles. The normalized spacial score (nSPS) is 11.8. The first-order chi connectivity index (χ1) is 6.22. The third kappa shape index (κ3) is 3.76. The highest BCUT2D eigenvalue weighted by Crippen LogP contribution is 2.21. The van der Waals surface area contributed by atoms with Crippen molar-refractivity contribution in [2.45, 2.75) is 13.5 Å². The van der Waals surface area contributed by atoms with Gasteiger partial charge in [-0.05, 0) is 19.1 Å². The number of halogens is 1. The first-order valence-corrected chi connectivity index (χ1v) is 5.01. The molecular formula is C8H11ClN2OS. The molecule has 0 spiro atoms. The lowest BCUT2D eigenvalue weighted by atomic mass is 10.4. The molecule has 0 radical (unpaired) electrons. The predicted octanol–water partition coefficient (Wildman–Crippen LogP) is 2.25. The zero-order valence-electron chi connectivity index (χ0n) is 7.29. The Morgan fingerprint density at radius 2 is 2.46 bits per heavy atom. The van der Waals surface area contributed by atoms with Crippen molar-refractivity contribution < 1.29 is 4.84 Å². The summed E-state index contributed by atoms with van der Waals surface area (Å²) < 4.78 is 0.762. The minimum Gasteiger partial charge on any atom is -0.390 e. The molecule has 0 aliphatic carbocycles. The van der Waals surface area contributed by atoms with E-state index in [-0.39, 0.29) is 0 Å². The van der Waals surface area contributed by atoms with Crippen LogP contribution in [0.3, 0.4) is 0 Å². The maximum atomic E-state index is 5.74. The van der Waals surface area contributed by atoms with Crippen molar-refractivity contribution in [3.05, 3.63) is 21.3 Å². The molecule has 0 fully saturated rings. The lowest BCUT2D eigenvalue weighted by Gasteiger charge is -1.97. The summed E-state index contributed by atoms with van der Waals surface area (Å²) in [5, 5.41) is 3.80. The van der Waals surface area contributed by atoms with Crippen LogP contribution in [0.25, 0.3) is 0 Å². The van der Waals surface area contributed by atoms with Crippen LogP contribution in [-0.2, 0) is 11.4 Å². The van der Waals surface area contributed by atoms with E-state index in [1.165, 1.54) is 11.3 Å². The average Bonchev–Trinajstić information content (AvgIpc) is 2.51. The van der Waals surface area contributed by atoms with Crippen LogP contribution in [0.15, 0.2) is 17.3 Å². The summed E-state index contributed by atoms with van der Waals surface area (Å²) >= 11 is 7.22. The summed E-state index contributed by atoms with van der Waals surface area (Å²) in [7, 11) is 0. The highest BCUT2D eigenvalue weighted by molar-refractivity contribution is 7.16. The summed E-state index contributed by atoms with van der Waals surface area (Å²) in [6.45, 7) is 2.70. The van der Waals surface area contributed by atoms with Crippen LogP contribution < -0.4 is 5.73 Å². The average molecular weight is 219 g/mol. The molecule has 1 rings (SSSR count). The molecule has 72 valence electrons. The van der Waals surface area contributed by atoms with Crippen molar-refractivity contribution in [3.63, 3.8) is 0 Å². The van der Waals surface area contributed by atoms with E-state index >= 15 is 0 Å². The highest BCUT2D eigenvalue weighted by atomic mass is 35.5. The Hall–Kier alpha value is -0.580. The molecule has 1 aromatic rings. The minimum absolute atomic E-state index is 0.422. The molecule has 5 heteroatoms. The Bertz CT molecular complexity index is 298. The zero-order chi connectivity index (χ0) is 9.68. The van der Waals surface area contributed by atoms with Gasteiger partial charge in [0.25, 0.3) is 0 Å². The van der Waals surface area contributed by atoms with E-state index in [2.05, 4.69) is 5.16 Å². The van der Waals surface area contributed by atoms with Crippen molar-refractivity contribution in [3.8, 4) is 0 Å². The number of hydrogen-bond acceptors (Lipinski definition) is 4. The van der Waals surface area contributed by atoms with Crippen LogP contribution in [0.1, 0.15) is 11.8 Å². The van der Waals surface area contributed by atoms with E-state index in [9.17, 15) is 0 Å². The summed E-state index contributed by atoms with van der Waals surface area (Å²) in [5.41, 5.74) is 6.11. The van der Waals surface area contributed by atoms with Crippen LogP contribution in [0.2, 0.25) is 4.34 Å². The zero-order valence-corrected chi connectivity index (χ0v) is 8.86. The van der Waals surface area contributed by atoms with Crippen LogP contribution in [0.5, 0.6) is 0 Å². The number of nitrogens with two attached hydrogens (primary N) is 1. The van der Waals surface area contributed by atoms with Gasteiger partial charge in [0.1, 0.15) is 0 Å². The van der Waals surface area contributed by atoms with Gasteiger partial charge in [0, 0.05) is 11.4 Å². The Morgan fingerprint density at radius 3 is 3.00 bits per heavy atom. The van der Waals surface area contributed by atoms with Crippen LogP contribution in [0, 0.1) is 0 Å². The summed E-state index contributed by atoms with van der Waals surface area (Å²) in [6, 6.07) is 3.75. The van der Waals surface area contributed by atoms with E-state index in [0.29, 0.717) is 13.2 Å². The fourth-order valence-corrected chi connectivity index (χ4v) is 1.67. The van der Waals surface area contributed by atoms with Crippen LogP contribution in [-0.4, -0.2) is 12.3 Å². The summed E-state index contributed by atoms with van der Waals surface area (Å²) in [6.07, 6.45) is 0. The van der Waals surface area contributed by atoms with E-state index in [1.54, 1.807) is 0 Å². The lowest BCUT2D eigenvalue weighted by molar-refractivity contribution is 0.132. The molecule has 0 aromatic carbocycles. The SMILES string of the molecule is C/C(CN)=N\OCc1ccc(Cl)s1. The molecule has 2 N–H and O–H groups in total. The maximum absolute atomic E-state index is 5.74. The molecule has 1 heterocycles. The van der Waals surface area contributed by atoms with Gasteiger partial charge >= 0.3 is 0 Å².